The quantitative estimate of drug-likeness (QED) is 0.330. The molecule has 0 amide bonds. The normalized spacial score (nSPS) is 9.20. The van der Waals surface area contributed by atoms with Crippen LogP contribution in [0.2, 0.25) is 0 Å². The number of methoxy groups -OCH3 is 1. The second-order valence-electron chi connectivity index (χ2n) is 2.44. The number of hydrogen-bond donors (Lipinski definition) is 0. The molecule has 0 aliphatic rings. The molecule has 0 atom stereocenters. The van der Waals surface area contributed by atoms with E-state index in [1.54, 1.807) is 0 Å². The second kappa shape index (κ2) is 4.30. The van der Waals surface area contributed by atoms with Crippen LogP contribution in [0, 0.1) is 15.9 Å². The van der Waals surface area contributed by atoms with Crippen molar-refractivity contribution in [2.75, 3.05) is 7.11 Å². The lowest BCUT2D eigenvalue weighted by Gasteiger charge is -2.02. The molecule has 0 radical (unpaired) electrons. The summed E-state index contributed by atoms with van der Waals surface area (Å²) < 4.78 is 17.7. The van der Waals surface area contributed by atoms with Gasteiger partial charge in [-0.1, -0.05) is 0 Å². The fourth-order valence-corrected chi connectivity index (χ4v) is 0.973. The predicted molar refractivity (Wildman–Crippen MR) is 47.4 cm³/mol. The van der Waals surface area contributed by atoms with Crippen LogP contribution < -0.4 is 4.74 Å². The third-order valence-corrected chi connectivity index (χ3v) is 1.61. The summed E-state index contributed by atoms with van der Waals surface area (Å²) in [6, 6.07) is 1.59. The van der Waals surface area contributed by atoms with Crippen LogP contribution in [0.25, 0.3) is 0 Å². The van der Waals surface area contributed by atoms with Crippen molar-refractivity contribution in [3.63, 3.8) is 0 Å². The molecule has 6 nitrogen and oxygen atoms in total. The molecule has 0 spiro atoms. The first-order chi connectivity index (χ1) is 7.10. The van der Waals surface area contributed by atoms with Gasteiger partial charge in [-0.25, -0.2) is 4.79 Å². The highest BCUT2D eigenvalue weighted by Gasteiger charge is 2.18. The van der Waals surface area contributed by atoms with Crippen LogP contribution in [0.1, 0.15) is 0 Å². The Morgan fingerprint density at radius 3 is 2.73 bits per heavy atom. The lowest BCUT2D eigenvalue weighted by Crippen LogP contribution is -1.94. The van der Waals surface area contributed by atoms with Gasteiger partial charge in [0.05, 0.1) is 12.0 Å². The van der Waals surface area contributed by atoms with Gasteiger partial charge in [0, 0.05) is 12.1 Å². The van der Waals surface area contributed by atoms with Crippen molar-refractivity contribution in [3.8, 4) is 5.75 Å². The van der Waals surface area contributed by atoms with E-state index in [9.17, 15) is 19.3 Å². The highest BCUT2D eigenvalue weighted by molar-refractivity contribution is 5.62. The first-order valence-corrected chi connectivity index (χ1v) is 3.70. The largest absolute Gasteiger partial charge is 0.494 e. The first-order valence-electron chi connectivity index (χ1n) is 3.70. The Balaban J connectivity index is 3.42. The standard InChI is InChI=1S/C8H5FN2O4/c1-15-8-2-5(9)7(11(13)14)3-6(8)10-4-12/h2-3H,1H3. The Morgan fingerprint density at radius 1 is 1.60 bits per heavy atom. The zero-order valence-corrected chi connectivity index (χ0v) is 7.56. The van der Waals surface area contributed by atoms with Crippen molar-refractivity contribution >= 4 is 17.5 Å². The van der Waals surface area contributed by atoms with Crippen LogP contribution in [0.4, 0.5) is 15.8 Å². The van der Waals surface area contributed by atoms with Gasteiger partial charge in [0.2, 0.25) is 11.9 Å². The number of halogens is 1. The molecule has 0 aromatic heterocycles. The third kappa shape index (κ3) is 2.15. The number of isocyanates is 1. The van der Waals surface area contributed by atoms with Crippen LogP contribution in [0.5, 0.6) is 5.75 Å². The molecule has 78 valence electrons. The first kappa shape index (κ1) is 10.8. The number of nitrogens with zero attached hydrogens (tertiary/aromatic N) is 2. The zero-order chi connectivity index (χ0) is 11.4. The van der Waals surface area contributed by atoms with Crippen LogP contribution in [-0.2, 0) is 4.79 Å². The van der Waals surface area contributed by atoms with E-state index in [0.29, 0.717) is 0 Å². The lowest BCUT2D eigenvalue weighted by atomic mass is 10.2. The van der Waals surface area contributed by atoms with Gasteiger partial charge in [-0.05, 0) is 0 Å². The van der Waals surface area contributed by atoms with Crippen LogP contribution in [0.15, 0.2) is 17.1 Å². The average Bonchev–Trinajstić information content (AvgIpc) is 2.20. The molecule has 0 unspecified atom stereocenters. The van der Waals surface area contributed by atoms with E-state index in [2.05, 4.69) is 9.73 Å². The average molecular weight is 212 g/mol. The van der Waals surface area contributed by atoms with Gasteiger partial charge in [-0.2, -0.15) is 9.38 Å². The molecule has 0 aliphatic carbocycles. The van der Waals surface area contributed by atoms with Gasteiger partial charge >= 0.3 is 5.69 Å². The van der Waals surface area contributed by atoms with Crippen molar-refractivity contribution in [1.82, 2.24) is 0 Å². The summed E-state index contributed by atoms with van der Waals surface area (Å²) in [4.78, 5) is 22.6. The van der Waals surface area contributed by atoms with Crippen molar-refractivity contribution in [1.29, 1.82) is 0 Å². The van der Waals surface area contributed by atoms with Gasteiger partial charge in [0.25, 0.3) is 0 Å². The van der Waals surface area contributed by atoms with Crippen molar-refractivity contribution in [3.05, 3.63) is 28.1 Å². The van der Waals surface area contributed by atoms with Gasteiger partial charge in [-0.3, -0.25) is 10.1 Å². The molecule has 1 rings (SSSR count). The summed E-state index contributed by atoms with van der Waals surface area (Å²) in [6.45, 7) is 0. The minimum absolute atomic E-state index is 0.0681. The Kier molecular flexibility index (Phi) is 3.10. The Labute approximate surface area is 83.2 Å². The molecule has 0 heterocycles. The summed E-state index contributed by atoms with van der Waals surface area (Å²) >= 11 is 0. The molecule has 1 aromatic rings. The summed E-state index contributed by atoms with van der Waals surface area (Å²) in [5.41, 5.74) is -0.912. The maximum Gasteiger partial charge on any atom is 0.307 e. The summed E-state index contributed by atoms with van der Waals surface area (Å²) in [5, 5.41) is 10.4. The minimum atomic E-state index is -1.05. The van der Waals surface area contributed by atoms with Crippen molar-refractivity contribution in [2.24, 2.45) is 4.99 Å². The van der Waals surface area contributed by atoms with E-state index in [1.807, 2.05) is 0 Å². The van der Waals surface area contributed by atoms with E-state index >= 15 is 0 Å². The maximum absolute atomic E-state index is 13.0. The lowest BCUT2D eigenvalue weighted by molar-refractivity contribution is -0.387. The molecule has 0 aliphatic heterocycles. The topological polar surface area (TPSA) is 81.8 Å². The molecular weight excluding hydrogens is 207 g/mol. The van der Waals surface area contributed by atoms with Crippen molar-refractivity contribution in [2.45, 2.75) is 0 Å². The maximum atomic E-state index is 13.0. The number of ether oxygens (including phenoxy) is 1. The molecule has 0 N–H and O–H groups in total. The van der Waals surface area contributed by atoms with Gasteiger partial charge < -0.3 is 4.74 Å². The molecule has 0 saturated heterocycles. The van der Waals surface area contributed by atoms with Crippen LogP contribution >= 0.6 is 0 Å². The Morgan fingerprint density at radius 2 is 2.27 bits per heavy atom. The monoisotopic (exact) mass is 212 g/mol. The number of carbonyl (C=O) groups excluding carboxylic acids is 1. The summed E-state index contributed by atoms with van der Waals surface area (Å²) in [7, 11) is 1.23. The Bertz CT molecular complexity index is 454. The van der Waals surface area contributed by atoms with E-state index in [0.717, 1.165) is 12.1 Å². The number of hydrogen-bond acceptors (Lipinski definition) is 5. The molecule has 0 fully saturated rings. The third-order valence-electron chi connectivity index (χ3n) is 1.61. The molecule has 15 heavy (non-hydrogen) atoms. The van der Waals surface area contributed by atoms with Crippen molar-refractivity contribution < 1.29 is 18.8 Å². The fourth-order valence-electron chi connectivity index (χ4n) is 0.973. The molecule has 0 saturated carbocycles. The van der Waals surface area contributed by atoms with E-state index < -0.39 is 16.4 Å². The molecule has 0 bridgehead atoms. The van der Waals surface area contributed by atoms with Gasteiger partial charge in [-0.15, -0.1) is 0 Å². The summed E-state index contributed by atoms with van der Waals surface area (Å²) in [6.07, 6.45) is 1.19. The van der Waals surface area contributed by atoms with E-state index in [-0.39, 0.29) is 11.4 Å². The second-order valence-corrected chi connectivity index (χ2v) is 2.44. The minimum Gasteiger partial charge on any atom is -0.494 e. The van der Waals surface area contributed by atoms with Gasteiger partial charge in [0.15, 0.2) is 0 Å². The number of rotatable bonds is 3. The smallest absolute Gasteiger partial charge is 0.307 e. The number of benzene rings is 1. The number of nitro groups is 1. The SMILES string of the molecule is COc1cc(F)c([N+](=O)[O-])cc1N=C=O. The zero-order valence-electron chi connectivity index (χ0n) is 7.56. The summed E-state index contributed by atoms with van der Waals surface area (Å²) in [5.74, 6) is -1.12. The van der Waals surface area contributed by atoms with Gasteiger partial charge in [0.1, 0.15) is 11.4 Å². The molecule has 1 aromatic carbocycles. The highest BCUT2D eigenvalue weighted by atomic mass is 19.1. The van der Waals surface area contributed by atoms with E-state index in [4.69, 9.17) is 0 Å². The molecule has 7 heteroatoms. The number of nitro benzene ring substituents is 1. The predicted octanol–water partition coefficient (Wildman–Crippen LogP) is 1.71. The van der Waals surface area contributed by atoms with Crippen LogP contribution in [-0.4, -0.2) is 18.1 Å². The van der Waals surface area contributed by atoms with E-state index in [1.165, 1.54) is 13.2 Å². The highest BCUT2D eigenvalue weighted by Crippen LogP contribution is 2.33. The number of aliphatic imine (C=N–C) groups is 1. The Hall–Kier alpha value is -2.27. The van der Waals surface area contributed by atoms with Crippen LogP contribution in [0.3, 0.4) is 0 Å². The molecular formula is C8H5FN2O4. The fraction of sp³-hybridized carbons (Fsp3) is 0.125.